The summed E-state index contributed by atoms with van der Waals surface area (Å²) in [4.78, 5) is 9.75. The van der Waals surface area contributed by atoms with Crippen LogP contribution in [-0.2, 0) is 9.47 Å². The summed E-state index contributed by atoms with van der Waals surface area (Å²) in [5, 5.41) is 6.82. The second-order valence-corrected chi connectivity index (χ2v) is 7.95. The molecule has 8 heteroatoms. The maximum Gasteiger partial charge on any atom is 0.191 e. The molecule has 7 nitrogen and oxygen atoms in total. The van der Waals surface area contributed by atoms with Gasteiger partial charge in [0.05, 0.1) is 32.5 Å². The Labute approximate surface area is 189 Å². The van der Waals surface area contributed by atoms with Gasteiger partial charge in [-0.2, -0.15) is 0 Å². The molecule has 0 aliphatic carbocycles. The van der Waals surface area contributed by atoms with E-state index < -0.39 is 0 Å². The SMILES string of the molecule is CCNC(=NCC1CN(CC(C)C)CCO1)NCCCCN1CCOCC1.I. The highest BCUT2D eigenvalue weighted by Crippen LogP contribution is 2.08. The number of morpholine rings is 2. The fraction of sp³-hybridized carbons (Fsp3) is 0.950. The molecule has 166 valence electrons. The fourth-order valence-corrected chi connectivity index (χ4v) is 3.60. The summed E-state index contributed by atoms with van der Waals surface area (Å²) < 4.78 is 11.3. The van der Waals surface area contributed by atoms with Crippen LogP contribution in [-0.4, -0.2) is 101 Å². The molecule has 2 heterocycles. The second-order valence-electron chi connectivity index (χ2n) is 7.95. The van der Waals surface area contributed by atoms with E-state index in [1.165, 1.54) is 13.0 Å². The zero-order valence-corrected chi connectivity index (χ0v) is 20.5. The van der Waals surface area contributed by atoms with Crippen molar-refractivity contribution >= 4 is 29.9 Å². The predicted molar refractivity (Wildman–Crippen MR) is 127 cm³/mol. The number of nitrogens with zero attached hydrogens (tertiary/aromatic N) is 3. The molecule has 0 spiro atoms. The summed E-state index contributed by atoms with van der Waals surface area (Å²) >= 11 is 0. The first kappa shape index (κ1) is 25.9. The first-order valence-electron chi connectivity index (χ1n) is 10.8. The highest BCUT2D eigenvalue weighted by Gasteiger charge is 2.20. The molecule has 2 saturated heterocycles. The number of nitrogens with one attached hydrogen (secondary N) is 2. The molecule has 0 saturated carbocycles. The van der Waals surface area contributed by atoms with E-state index in [4.69, 9.17) is 14.5 Å². The van der Waals surface area contributed by atoms with Gasteiger partial charge in [0.1, 0.15) is 0 Å². The van der Waals surface area contributed by atoms with E-state index in [0.717, 1.165) is 84.6 Å². The summed E-state index contributed by atoms with van der Waals surface area (Å²) in [6.45, 7) is 18.3. The van der Waals surface area contributed by atoms with Gasteiger partial charge < -0.3 is 20.1 Å². The topological polar surface area (TPSA) is 61.4 Å². The van der Waals surface area contributed by atoms with Crippen LogP contribution < -0.4 is 10.6 Å². The predicted octanol–water partition coefficient (Wildman–Crippen LogP) is 1.63. The number of halogens is 1. The van der Waals surface area contributed by atoms with Crippen LogP contribution in [0.15, 0.2) is 4.99 Å². The van der Waals surface area contributed by atoms with Crippen molar-refractivity contribution in [3.8, 4) is 0 Å². The molecule has 2 fully saturated rings. The van der Waals surface area contributed by atoms with E-state index in [9.17, 15) is 0 Å². The Kier molecular flexibility index (Phi) is 14.5. The van der Waals surface area contributed by atoms with Crippen molar-refractivity contribution in [2.75, 3.05) is 78.7 Å². The summed E-state index contributed by atoms with van der Waals surface area (Å²) in [6, 6.07) is 0. The normalized spacial score (nSPS) is 22.1. The van der Waals surface area contributed by atoms with Crippen LogP contribution in [0.1, 0.15) is 33.6 Å². The maximum atomic E-state index is 5.91. The van der Waals surface area contributed by atoms with Gasteiger partial charge in [-0.3, -0.25) is 14.8 Å². The van der Waals surface area contributed by atoms with Gasteiger partial charge in [-0.05, 0) is 32.2 Å². The third-order valence-corrected chi connectivity index (χ3v) is 4.94. The van der Waals surface area contributed by atoms with Crippen LogP contribution in [0.3, 0.4) is 0 Å². The standard InChI is InChI=1S/C20H41N5O2.HI/c1-4-21-20(22-7-5-6-8-24-9-12-26-13-10-24)23-15-19-17-25(11-14-27-19)16-18(2)3;/h18-19H,4-17H2,1-3H3,(H2,21,22,23);1H. The van der Waals surface area contributed by atoms with Gasteiger partial charge in [-0.15, -0.1) is 24.0 Å². The van der Waals surface area contributed by atoms with E-state index >= 15 is 0 Å². The van der Waals surface area contributed by atoms with Crippen molar-refractivity contribution in [3.63, 3.8) is 0 Å². The molecular formula is C20H42IN5O2. The Balaban J connectivity index is 0.00000392. The minimum atomic E-state index is 0. The average Bonchev–Trinajstić information content (AvgIpc) is 2.66. The van der Waals surface area contributed by atoms with E-state index in [1.54, 1.807) is 0 Å². The second kappa shape index (κ2) is 15.6. The summed E-state index contributed by atoms with van der Waals surface area (Å²) in [5.74, 6) is 1.61. The van der Waals surface area contributed by atoms with Gasteiger partial charge in [-0.1, -0.05) is 13.8 Å². The lowest BCUT2D eigenvalue weighted by Gasteiger charge is -2.33. The van der Waals surface area contributed by atoms with Gasteiger partial charge >= 0.3 is 0 Å². The Morgan fingerprint density at radius 3 is 2.54 bits per heavy atom. The number of rotatable bonds is 10. The summed E-state index contributed by atoms with van der Waals surface area (Å²) in [6.07, 6.45) is 2.57. The van der Waals surface area contributed by atoms with Crippen LogP contribution in [0.2, 0.25) is 0 Å². The van der Waals surface area contributed by atoms with E-state index in [0.29, 0.717) is 5.92 Å². The maximum absolute atomic E-state index is 5.91. The molecule has 0 bridgehead atoms. The van der Waals surface area contributed by atoms with E-state index in [2.05, 4.69) is 41.2 Å². The molecule has 1 unspecified atom stereocenters. The lowest BCUT2D eigenvalue weighted by Crippen LogP contribution is -2.46. The zero-order valence-electron chi connectivity index (χ0n) is 18.1. The molecule has 0 amide bonds. The lowest BCUT2D eigenvalue weighted by atomic mass is 10.2. The smallest absolute Gasteiger partial charge is 0.191 e. The first-order chi connectivity index (χ1) is 13.2. The number of hydrogen-bond acceptors (Lipinski definition) is 5. The van der Waals surface area contributed by atoms with Crippen molar-refractivity contribution in [3.05, 3.63) is 0 Å². The molecule has 0 aromatic carbocycles. The van der Waals surface area contributed by atoms with Gasteiger partial charge in [0.15, 0.2) is 5.96 Å². The molecule has 0 aromatic rings. The van der Waals surface area contributed by atoms with Crippen LogP contribution in [0.5, 0.6) is 0 Å². The Morgan fingerprint density at radius 2 is 1.82 bits per heavy atom. The summed E-state index contributed by atoms with van der Waals surface area (Å²) in [7, 11) is 0. The minimum absolute atomic E-state index is 0. The monoisotopic (exact) mass is 511 g/mol. The molecular weight excluding hydrogens is 469 g/mol. The third kappa shape index (κ3) is 11.1. The zero-order chi connectivity index (χ0) is 19.3. The number of unbranched alkanes of at least 4 members (excludes halogenated alkanes) is 1. The van der Waals surface area contributed by atoms with E-state index in [1.807, 2.05) is 0 Å². The molecule has 2 rings (SSSR count). The van der Waals surface area contributed by atoms with Crippen molar-refractivity contribution in [1.82, 2.24) is 20.4 Å². The number of guanidine groups is 1. The van der Waals surface area contributed by atoms with Crippen LogP contribution in [0.4, 0.5) is 0 Å². The first-order valence-corrected chi connectivity index (χ1v) is 10.8. The van der Waals surface area contributed by atoms with Gasteiger partial charge in [0, 0.05) is 45.8 Å². The largest absolute Gasteiger partial charge is 0.379 e. The Morgan fingerprint density at radius 1 is 1.07 bits per heavy atom. The third-order valence-electron chi connectivity index (χ3n) is 4.94. The van der Waals surface area contributed by atoms with Crippen molar-refractivity contribution in [2.24, 2.45) is 10.9 Å². The Hall–Kier alpha value is -0.160. The molecule has 1 atom stereocenters. The fourth-order valence-electron chi connectivity index (χ4n) is 3.60. The van der Waals surface area contributed by atoms with Crippen LogP contribution in [0.25, 0.3) is 0 Å². The van der Waals surface area contributed by atoms with Gasteiger partial charge in [-0.25, -0.2) is 0 Å². The van der Waals surface area contributed by atoms with Crippen molar-refractivity contribution < 1.29 is 9.47 Å². The minimum Gasteiger partial charge on any atom is -0.379 e. The van der Waals surface area contributed by atoms with E-state index in [-0.39, 0.29) is 30.1 Å². The molecule has 2 N–H and O–H groups in total. The van der Waals surface area contributed by atoms with Crippen molar-refractivity contribution in [1.29, 1.82) is 0 Å². The Bertz CT molecular complexity index is 419. The van der Waals surface area contributed by atoms with Gasteiger partial charge in [0.2, 0.25) is 0 Å². The van der Waals surface area contributed by atoms with Crippen LogP contribution in [0, 0.1) is 5.92 Å². The molecule has 0 aromatic heterocycles. The molecule has 28 heavy (non-hydrogen) atoms. The summed E-state index contributed by atoms with van der Waals surface area (Å²) in [5.41, 5.74) is 0. The number of ether oxygens (including phenoxy) is 2. The number of hydrogen-bond donors (Lipinski definition) is 2. The number of aliphatic imine (C=N–C) groups is 1. The van der Waals surface area contributed by atoms with Gasteiger partial charge in [0.25, 0.3) is 0 Å². The lowest BCUT2D eigenvalue weighted by molar-refractivity contribution is -0.0261. The molecule has 0 radical (unpaired) electrons. The molecule has 2 aliphatic rings. The highest BCUT2D eigenvalue weighted by atomic mass is 127. The molecule has 2 aliphatic heterocycles. The highest BCUT2D eigenvalue weighted by molar-refractivity contribution is 14.0. The quantitative estimate of drug-likeness (QED) is 0.201. The average molecular weight is 511 g/mol. The van der Waals surface area contributed by atoms with Crippen molar-refractivity contribution in [2.45, 2.75) is 39.7 Å². The van der Waals surface area contributed by atoms with Crippen LogP contribution >= 0.6 is 24.0 Å².